The number of amides is 1. The van der Waals surface area contributed by atoms with E-state index in [1.807, 2.05) is 4.90 Å². The third kappa shape index (κ3) is 3.43. The van der Waals surface area contributed by atoms with Crippen molar-refractivity contribution in [2.75, 3.05) is 39.4 Å². The van der Waals surface area contributed by atoms with Crippen LogP contribution in [-0.4, -0.2) is 72.4 Å². The highest BCUT2D eigenvalue weighted by Gasteiger charge is 2.28. The molecule has 1 amide bonds. The van der Waals surface area contributed by atoms with Crippen molar-refractivity contribution in [1.29, 1.82) is 0 Å². The number of piperidine rings is 1. The number of rotatable bonds is 3. The van der Waals surface area contributed by atoms with E-state index in [0.29, 0.717) is 19.7 Å². The maximum absolute atomic E-state index is 12.2. The molecule has 2 aliphatic heterocycles. The van der Waals surface area contributed by atoms with E-state index in [2.05, 4.69) is 11.8 Å². The van der Waals surface area contributed by atoms with Crippen LogP contribution in [0, 0.1) is 0 Å². The summed E-state index contributed by atoms with van der Waals surface area (Å²) < 4.78 is 5.48. The largest absolute Gasteiger partial charge is 0.394 e. The first-order valence-electron chi connectivity index (χ1n) is 6.95. The molecule has 2 unspecified atom stereocenters. The van der Waals surface area contributed by atoms with Gasteiger partial charge in [0.25, 0.3) is 0 Å². The van der Waals surface area contributed by atoms with Crippen molar-refractivity contribution >= 4 is 5.91 Å². The lowest BCUT2D eigenvalue weighted by molar-refractivity contribution is -0.138. The van der Waals surface area contributed by atoms with Gasteiger partial charge in [0, 0.05) is 25.7 Å². The zero-order chi connectivity index (χ0) is 13.0. The van der Waals surface area contributed by atoms with Crippen LogP contribution in [0.1, 0.15) is 26.2 Å². The van der Waals surface area contributed by atoms with E-state index in [4.69, 9.17) is 9.84 Å². The molecule has 2 atom stereocenters. The molecule has 1 N–H and O–H groups in total. The Balaban J connectivity index is 1.84. The van der Waals surface area contributed by atoms with Gasteiger partial charge in [0.15, 0.2) is 0 Å². The van der Waals surface area contributed by atoms with Gasteiger partial charge in [-0.15, -0.1) is 0 Å². The Bertz CT molecular complexity index is 279. The third-order valence-electron chi connectivity index (χ3n) is 3.89. The maximum Gasteiger partial charge on any atom is 0.236 e. The molecule has 0 aliphatic carbocycles. The van der Waals surface area contributed by atoms with E-state index < -0.39 is 0 Å². The molecule has 0 radical (unpaired) electrons. The van der Waals surface area contributed by atoms with Gasteiger partial charge in [-0.25, -0.2) is 0 Å². The highest BCUT2D eigenvalue weighted by molar-refractivity contribution is 5.78. The van der Waals surface area contributed by atoms with Crippen LogP contribution in [0.2, 0.25) is 0 Å². The van der Waals surface area contributed by atoms with Gasteiger partial charge in [-0.05, 0) is 26.2 Å². The van der Waals surface area contributed by atoms with E-state index >= 15 is 0 Å². The molecule has 0 aromatic carbocycles. The lowest BCUT2D eigenvalue weighted by atomic mass is 10.1. The van der Waals surface area contributed by atoms with Crippen LogP contribution in [0.3, 0.4) is 0 Å². The Labute approximate surface area is 109 Å². The Morgan fingerprint density at radius 1 is 1.33 bits per heavy atom. The molecule has 0 aromatic rings. The van der Waals surface area contributed by atoms with Gasteiger partial charge >= 0.3 is 0 Å². The average molecular weight is 256 g/mol. The molecule has 0 spiro atoms. The normalized spacial score (nSPS) is 30.4. The van der Waals surface area contributed by atoms with Crippen LogP contribution in [0.5, 0.6) is 0 Å². The lowest BCUT2D eigenvalue weighted by Gasteiger charge is -2.38. The number of ether oxygens (including phenoxy) is 1. The first-order valence-corrected chi connectivity index (χ1v) is 6.95. The number of hydrogen-bond donors (Lipinski definition) is 1. The molecule has 2 fully saturated rings. The summed E-state index contributed by atoms with van der Waals surface area (Å²) in [6.07, 6.45) is 3.35. The second-order valence-electron chi connectivity index (χ2n) is 5.36. The highest BCUT2D eigenvalue weighted by Crippen LogP contribution is 2.13. The van der Waals surface area contributed by atoms with Crippen molar-refractivity contribution in [3.63, 3.8) is 0 Å². The number of aliphatic hydroxyl groups is 1. The fraction of sp³-hybridized carbons (Fsp3) is 0.923. The summed E-state index contributed by atoms with van der Waals surface area (Å²) in [5, 5.41) is 9.13. The monoisotopic (exact) mass is 256 g/mol. The number of likely N-dealkylation sites (tertiary alicyclic amines) is 1. The lowest BCUT2D eigenvalue weighted by Crippen LogP contribution is -2.53. The van der Waals surface area contributed by atoms with E-state index in [-0.39, 0.29) is 24.7 Å². The van der Waals surface area contributed by atoms with Crippen molar-refractivity contribution in [2.45, 2.75) is 38.3 Å². The van der Waals surface area contributed by atoms with Crippen molar-refractivity contribution in [2.24, 2.45) is 0 Å². The number of carbonyl (C=O) groups excluding carboxylic acids is 1. The van der Waals surface area contributed by atoms with Gasteiger partial charge in [-0.3, -0.25) is 9.69 Å². The summed E-state index contributed by atoms with van der Waals surface area (Å²) in [5.74, 6) is 0.222. The quantitative estimate of drug-likeness (QED) is 0.777. The van der Waals surface area contributed by atoms with E-state index in [1.54, 1.807) is 0 Å². The summed E-state index contributed by atoms with van der Waals surface area (Å²) in [6.45, 7) is 5.61. The van der Waals surface area contributed by atoms with Gasteiger partial charge in [0.1, 0.15) is 0 Å². The molecule has 18 heavy (non-hydrogen) atoms. The molecular formula is C13H24N2O3. The highest BCUT2D eigenvalue weighted by atomic mass is 16.5. The van der Waals surface area contributed by atoms with E-state index in [9.17, 15) is 4.79 Å². The molecule has 2 saturated heterocycles. The van der Waals surface area contributed by atoms with Gasteiger partial charge in [-0.2, -0.15) is 0 Å². The molecule has 2 rings (SSSR count). The molecule has 5 heteroatoms. The van der Waals surface area contributed by atoms with Crippen LogP contribution >= 0.6 is 0 Å². The molecule has 2 aliphatic rings. The molecule has 0 aromatic heterocycles. The zero-order valence-corrected chi connectivity index (χ0v) is 11.2. The van der Waals surface area contributed by atoms with E-state index in [1.165, 1.54) is 6.42 Å². The van der Waals surface area contributed by atoms with Crippen LogP contribution < -0.4 is 0 Å². The van der Waals surface area contributed by atoms with Gasteiger partial charge in [0.05, 0.1) is 25.9 Å². The smallest absolute Gasteiger partial charge is 0.236 e. The first kappa shape index (κ1) is 13.8. The zero-order valence-electron chi connectivity index (χ0n) is 11.2. The summed E-state index contributed by atoms with van der Waals surface area (Å²) in [7, 11) is 0. The van der Waals surface area contributed by atoms with Crippen LogP contribution in [-0.2, 0) is 9.53 Å². The van der Waals surface area contributed by atoms with Crippen molar-refractivity contribution in [1.82, 2.24) is 9.80 Å². The maximum atomic E-state index is 12.2. The number of carbonyl (C=O) groups is 1. The Morgan fingerprint density at radius 3 is 2.72 bits per heavy atom. The summed E-state index contributed by atoms with van der Waals surface area (Å²) in [5.41, 5.74) is 0. The molecule has 0 bridgehead atoms. The topological polar surface area (TPSA) is 53.0 Å². The number of hydrogen-bond acceptors (Lipinski definition) is 4. The third-order valence-corrected chi connectivity index (χ3v) is 3.89. The predicted octanol–water partition coefficient (Wildman–Crippen LogP) is 0.0805. The molecule has 5 nitrogen and oxygen atoms in total. The second-order valence-corrected chi connectivity index (χ2v) is 5.36. The first-order chi connectivity index (χ1) is 8.70. The summed E-state index contributed by atoms with van der Waals surface area (Å²) in [4.78, 5) is 16.3. The van der Waals surface area contributed by atoms with Gasteiger partial charge in [-0.1, -0.05) is 0 Å². The fourth-order valence-electron chi connectivity index (χ4n) is 2.62. The minimum Gasteiger partial charge on any atom is -0.394 e. The number of aliphatic hydroxyl groups excluding tert-OH is 1. The van der Waals surface area contributed by atoms with E-state index in [0.717, 1.165) is 25.9 Å². The predicted molar refractivity (Wildman–Crippen MR) is 68.3 cm³/mol. The van der Waals surface area contributed by atoms with Crippen molar-refractivity contribution in [3.8, 4) is 0 Å². The van der Waals surface area contributed by atoms with Crippen LogP contribution in [0.4, 0.5) is 0 Å². The van der Waals surface area contributed by atoms with Crippen LogP contribution in [0.15, 0.2) is 0 Å². The van der Waals surface area contributed by atoms with Crippen molar-refractivity contribution in [3.05, 3.63) is 0 Å². The summed E-state index contributed by atoms with van der Waals surface area (Å²) in [6, 6.07) is 0.251. The SMILES string of the molecule is CC1COC(CO)CN1CC(=O)N1CCCCC1. The molecular weight excluding hydrogens is 232 g/mol. The Hall–Kier alpha value is -0.650. The fourth-order valence-corrected chi connectivity index (χ4v) is 2.62. The Morgan fingerprint density at radius 2 is 2.06 bits per heavy atom. The number of morpholine rings is 1. The molecule has 0 saturated carbocycles. The van der Waals surface area contributed by atoms with Gasteiger partial charge < -0.3 is 14.7 Å². The molecule has 104 valence electrons. The average Bonchev–Trinajstić information content (AvgIpc) is 2.42. The number of nitrogens with zero attached hydrogens (tertiary/aromatic N) is 2. The van der Waals surface area contributed by atoms with Gasteiger partial charge in [0.2, 0.25) is 5.91 Å². The second kappa shape index (κ2) is 6.50. The Kier molecular flexibility index (Phi) is 4.97. The van der Waals surface area contributed by atoms with Crippen molar-refractivity contribution < 1.29 is 14.6 Å². The minimum absolute atomic E-state index is 0.0289. The minimum atomic E-state index is -0.143. The van der Waals surface area contributed by atoms with Crippen LogP contribution in [0.25, 0.3) is 0 Å². The summed E-state index contributed by atoms with van der Waals surface area (Å²) >= 11 is 0. The molecule has 2 heterocycles. The standard InChI is InChI=1S/C13H24N2O3/c1-11-10-18-12(9-16)7-15(11)8-13(17)14-5-3-2-4-6-14/h11-12,16H,2-10H2,1H3.